The van der Waals surface area contributed by atoms with E-state index in [1.165, 1.54) is 29.8 Å². The molecule has 0 bridgehead atoms. The van der Waals surface area contributed by atoms with Crippen molar-refractivity contribution < 1.29 is 0 Å². The van der Waals surface area contributed by atoms with E-state index in [0.29, 0.717) is 6.04 Å². The van der Waals surface area contributed by atoms with Gasteiger partial charge in [0.05, 0.1) is 5.69 Å². The van der Waals surface area contributed by atoms with Crippen LogP contribution < -0.4 is 10.2 Å². The van der Waals surface area contributed by atoms with Crippen molar-refractivity contribution in [3.8, 4) is 0 Å². The average molecular weight is 290 g/mol. The predicted molar refractivity (Wildman–Crippen MR) is 84.2 cm³/mol. The first-order valence-corrected chi connectivity index (χ1v) is 8.09. The van der Waals surface area contributed by atoms with Crippen molar-refractivity contribution in [2.75, 3.05) is 11.9 Å². The molecule has 2 aromatic rings. The molecule has 4 nitrogen and oxygen atoms in total. The average Bonchev–Trinajstić information content (AvgIpc) is 3.06. The quantitative estimate of drug-likeness (QED) is 0.888. The predicted octanol–water partition coefficient (Wildman–Crippen LogP) is 2.68. The number of aryl methyl sites for hydroxylation is 2. The summed E-state index contributed by atoms with van der Waals surface area (Å²) < 4.78 is 2.05. The largest absolute Gasteiger partial charge is 0.349 e. The molecule has 0 spiro atoms. The standard InChI is InChI=1S/C15H22N4S/c1-11-14(8-16-2)15(18(3)17-11)19(13-4-5-13)9-12-6-7-20-10-12/h6-7,10,13,16H,4-5,8-9H2,1-3H3. The molecule has 1 N–H and O–H groups in total. The zero-order valence-electron chi connectivity index (χ0n) is 12.4. The number of hydrogen-bond donors (Lipinski definition) is 1. The molecule has 1 aliphatic rings. The van der Waals surface area contributed by atoms with Crippen molar-refractivity contribution in [2.24, 2.45) is 7.05 Å². The van der Waals surface area contributed by atoms with Gasteiger partial charge in [-0.15, -0.1) is 0 Å². The Morgan fingerprint density at radius 2 is 2.30 bits per heavy atom. The van der Waals surface area contributed by atoms with E-state index in [-0.39, 0.29) is 0 Å². The number of rotatable bonds is 6. The normalized spacial score (nSPS) is 14.8. The Labute approximate surface area is 124 Å². The molecule has 1 fully saturated rings. The molecular weight excluding hydrogens is 268 g/mol. The van der Waals surface area contributed by atoms with Crippen LogP contribution in [0.3, 0.4) is 0 Å². The first-order chi connectivity index (χ1) is 9.70. The van der Waals surface area contributed by atoms with E-state index in [2.05, 4.69) is 46.1 Å². The van der Waals surface area contributed by atoms with Crippen LogP contribution in [-0.4, -0.2) is 22.9 Å². The van der Waals surface area contributed by atoms with Gasteiger partial charge in [0.2, 0.25) is 0 Å². The molecule has 0 saturated heterocycles. The molecule has 108 valence electrons. The summed E-state index contributed by atoms with van der Waals surface area (Å²) in [5, 5.41) is 12.3. The number of nitrogens with zero attached hydrogens (tertiary/aromatic N) is 3. The summed E-state index contributed by atoms with van der Waals surface area (Å²) >= 11 is 1.77. The van der Waals surface area contributed by atoms with Gasteiger partial charge in [0.25, 0.3) is 0 Å². The zero-order chi connectivity index (χ0) is 14.1. The van der Waals surface area contributed by atoms with Gasteiger partial charge < -0.3 is 10.2 Å². The Morgan fingerprint density at radius 1 is 1.50 bits per heavy atom. The number of hydrogen-bond acceptors (Lipinski definition) is 4. The lowest BCUT2D eigenvalue weighted by Gasteiger charge is -2.25. The van der Waals surface area contributed by atoms with Crippen LogP contribution in [0.2, 0.25) is 0 Å². The van der Waals surface area contributed by atoms with Crippen LogP contribution in [0.4, 0.5) is 5.82 Å². The summed E-state index contributed by atoms with van der Waals surface area (Å²) in [6, 6.07) is 2.90. The van der Waals surface area contributed by atoms with Crippen LogP contribution in [0.15, 0.2) is 16.8 Å². The molecule has 20 heavy (non-hydrogen) atoms. The van der Waals surface area contributed by atoms with Crippen molar-refractivity contribution in [1.82, 2.24) is 15.1 Å². The first-order valence-electron chi connectivity index (χ1n) is 7.15. The minimum atomic E-state index is 0.681. The van der Waals surface area contributed by atoms with E-state index in [9.17, 15) is 0 Å². The van der Waals surface area contributed by atoms with Gasteiger partial charge in [-0.2, -0.15) is 16.4 Å². The molecule has 0 aromatic carbocycles. The van der Waals surface area contributed by atoms with Crippen molar-refractivity contribution >= 4 is 17.2 Å². The zero-order valence-corrected chi connectivity index (χ0v) is 13.2. The van der Waals surface area contributed by atoms with Gasteiger partial charge in [-0.25, -0.2) is 0 Å². The molecule has 0 unspecified atom stereocenters. The first kappa shape index (κ1) is 13.6. The Hall–Kier alpha value is -1.33. The Bertz CT molecular complexity index is 569. The molecule has 1 aliphatic carbocycles. The summed E-state index contributed by atoms with van der Waals surface area (Å²) in [5.74, 6) is 1.28. The fraction of sp³-hybridized carbons (Fsp3) is 0.533. The molecule has 1 saturated carbocycles. The van der Waals surface area contributed by atoms with E-state index in [1.54, 1.807) is 11.3 Å². The second kappa shape index (κ2) is 5.58. The highest BCUT2D eigenvalue weighted by atomic mass is 32.1. The molecule has 2 heterocycles. The lowest BCUT2D eigenvalue weighted by atomic mass is 10.2. The summed E-state index contributed by atoms with van der Waals surface area (Å²) in [6.45, 7) is 3.97. The maximum absolute atomic E-state index is 4.63. The van der Waals surface area contributed by atoms with Gasteiger partial charge in [0.15, 0.2) is 0 Å². The van der Waals surface area contributed by atoms with Crippen molar-refractivity contribution in [3.63, 3.8) is 0 Å². The van der Waals surface area contributed by atoms with Gasteiger partial charge in [0.1, 0.15) is 5.82 Å². The van der Waals surface area contributed by atoms with Gasteiger partial charge in [-0.1, -0.05) is 0 Å². The van der Waals surface area contributed by atoms with E-state index < -0.39 is 0 Å². The van der Waals surface area contributed by atoms with Crippen LogP contribution in [0.5, 0.6) is 0 Å². The Morgan fingerprint density at radius 3 is 2.90 bits per heavy atom. The van der Waals surface area contributed by atoms with Gasteiger partial charge in [-0.05, 0) is 49.2 Å². The van der Waals surface area contributed by atoms with Crippen LogP contribution in [-0.2, 0) is 20.1 Å². The molecular formula is C15H22N4S. The third-order valence-electron chi connectivity index (χ3n) is 3.86. The highest BCUT2D eigenvalue weighted by Crippen LogP contribution is 2.35. The second-order valence-electron chi connectivity index (χ2n) is 5.53. The fourth-order valence-electron chi connectivity index (χ4n) is 2.78. The molecule has 3 rings (SSSR count). The third-order valence-corrected chi connectivity index (χ3v) is 4.59. The molecule has 5 heteroatoms. The maximum Gasteiger partial charge on any atom is 0.131 e. The second-order valence-corrected chi connectivity index (χ2v) is 6.31. The van der Waals surface area contributed by atoms with Gasteiger partial charge >= 0.3 is 0 Å². The van der Waals surface area contributed by atoms with Crippen molar-refractivity contribution in [1.29, 1.82) is 0 Å². The van der Waals surface area contributed by atoms with Crippen LogP contribution in [0, 0.1) is 6.92 Å². The monoisotopic (exact) mass is 290 g/mol. The van der Waals surface area contributed by atoms with E-state index in [4.69, 9.17) is 0 Å². The topological polar surface area (TPSA) is 33.1 Å². The lowest BCUT2D eigenvalue weighted by molar-refractivity contribution is 0.687. The SMILES string of the molecule is CNCc1c(C)nn(C)c1N(Cc1ccsc1)C1CC1. The molecule has 0 atom stereocenters. The van der Waals surface area contributed by atoms with Crippen LogP contribution in [0.1, 0.15) is 29.7 Å². The minimum absolute atomic E-state index is 0.681. The fourth-order valence-corrected chi connectivity index (χ4v) is 3.44. The summed E-state index contributed by atoms with van der Waals surface area (Å²) in [7, 11) is 4.06. The molecule has 0 radical (unpaired) electrons. The molecule has 2 aromatic heterocycles. The smallest absolute Gasteiger partial charge is 0.131 e. The number of aromatic nitrogens is 2. The Kier molecular flexibility index (Phi) is 3.81. The maximum atomic E-state index is 4.63. The lowest BCUT2D eigenvalue weighted by Crippen LogP contribution is -2.28. The van der Waals surface area contributed by atoms with Gasteiger partial charge in [0, 0.05) is 31.7 Å². The molecule has 0 aliphatic heterocycles. The van der Waals surface area contributed by atoms with Crippen LogP contribution in [0.25, 0.3) is 0 Å². The number of thiophene rings is 1. The minimum Gasteiger partial charge on any atom is -0.349 e. The van der Waals surface area contributed by atoms with E-state index in [1.807, 2.05) is 11.7 Å². The van der Waals surface area contributed by atoms with Gasteiger partial charge in [-0.3, -0.25) is 4.68 Å². The highest BCUT2D eigenvalue weighted by Gasteiger charge is 2.33. The summed E-state index contributed by atoms with van der Waals surface area (Å²) in [5.41, 5.74) is 3.86. The van der Waals surface area contributed by atoms with E-state index >= 15 is 0 Å². The number of nitrogens with one attached hydrogen (secondary N) is 1. The van der Waals surface area contributed by atoms with Crippen molar-refractivity contribution in [2.45, 2.75) is 38.9 Å². The van der Waals surface area contributed by atoms with E-state index in [0.717, 1.165) is 18.8 Å². The summed E-state index contributed by atoms with van der Waals surface area (Å²) in [4.78, 5) is 2.54. The summed E-state index contributed by atoms with van der Waals surface area (Å²) in [6.07, 6.45) is 2.60. The van der Waals surface area contributed by atoms with Crippen molar-refractivity contribution in [3.05, 3.63) is 33.6 Å². The Balaban J connectivity index is 1.94. The number of anilines is 1. The third kappa shape index (κ3) is 2.60. The van der Waals surface area contributed by atoms with Crippen LogP contribution >= 0.6 is 11.3 Å². The molecule has 0 amide bonds. The highest BCUT2D eigenvalue weighted by molar-refractivity contribution is 7.07.